The van der Waals surface area contributed by atoms with Crippen molar-refractivity contribution in [2.24, 2.45) is 0 Å². The largest absolute Gasteiger partial charge is 0.454 e. The second kappa shape index (κ2) is 9.35. The van der Waals surface area contributed by atoms with Crippen LogP contribution in [-0.2, 0) is 6.54 Å². The number of aromatic nitrogens is 3. The fraction of sp³-hybridized carbons (Fsp3) is 0.217. The molecule has 0 bridgehead atoms. The number of halogens is 4. The van der Waals surface area contributed by atoms with Crippen LogP contribution < -0.4 is 5.32 Å². The lowest BCUT2D eigenvalue weighted by atomic mass is 10.1. The molecule has 0 aliphatic heterocycles. The van der Waals surface area contributed by atoms with Crippen molar-refractivity contribution in [1.82, 2.24) is 19.7 Å². The lowest BCUT2D eigenvalue weighted by Crippen LogP contribution is -2.26. The van der Waals surface area contributed by atoms with Crippen molar-refractivity contribution in [2.45, 2.75) is 32.4 Å². The van der Waals surface area contributed by atoms with Gasteiger partial charge in [-0.1, -0.05) is 12.1 Å². The number of carbonyl (C=O) groups excluding carboxylic acids is 1. The SMILES string of the molecule is CC(NC(=O)c1ccc(Cn2nc(C(F)F)cc2C(F)F)o1)c1ccc(-n2cccc2)cc1. The zero-order valence-corrected chi connectivity index (χ0v) is 17.5. The van der Waals surface area contributed by atoms with Gasteiger partial charge < -0.3 is 14.3 Å². The van der Waals surface area contributed by atoms with Crippen molar-refractivity contribution in [3.8, 4) is 5.69 Å². The highest BCUT2D eigenvalue weighted by Gasteiger charge is 2.22. The summed E-state index contributed by atoms with van der Waals surface area (Å²) in [7, 11) is 0. The zero-order chi connectivity index (χ0) is 23.5. The molecule has 0 saturated carbocycles. The van der Waals surface area contributed by atoms with E-state index in [9.17, 15) is 22.4 Å². The standard InChI is InChI=1S/C23H20F4N4O2/c1-14(15-4-6-16(7-5-15)30-10-2-3-11-30)28-23(32)20-9-8-17(33-20)13-31-19(22(26)27)12-18(29-31)21(24)25/h2-12,14,21-22H,13H2,1H3,(H,28,32). The van der Waals surface area contributed by atoms with E-state index in [1.165, 1.54) is 12.1 Å². The molecule has 10 heteroatoms. The Kier molecular flexibility index (Phi) is 6.34. The molecular formula is C23H20F4N4O2. The number of carbonyl (C=O) groups is 1. The van der Waals surface area contributed by atoms with Crippen molar-refractivity contribution in [1.29, 1.82) is 0 Å². The summed E-state index contributed by atoms with van der Waals surface area (Å²) in [6, 6.07) is 14.7. The number of amides is 1. The minimum Gasteiger partial charge on any atom is -0.454 e. The highest BCUT2D eigenvalue weighted by molar-refractivity contribution is 5.91. The fourth-order valence-corrected chi connectivity index (χ4v) is 3.39. The maximum Gasteiger partial charge on any atom is 0.287 e. The van der Waals surface area contributed by atoms with E-state index < -0.39 is 30.1 Å². The van der Waals surface area contributed by atoms with Crippen LogP contribution in [0.5, 0.6) is 0 Å². The number of alkyl halides is 4. The molecule has 172 valence electrons. The Morgan fingerprint density at radius 1 is 1.03 bits per heavy atom. The van der Waals surface area contributed by atoms with Crippen LogP contribution in [0.15, 0.2) is 71.4 Å². The van der Waals surface area contributed by atoms with Crippen LogP contribution in [0.3, 0.4) is 0 Å². The van der Waals surface area contributed by atoms with Crippen LogP contribution in [0.2, 0.25) is 0 Å². The quantitative estimate of drug-likeness (QED) is 0.344. The van der Waals surface area contributed by atoms with E-state index in [4.69, 9.17) is 4.42 Å². The van der Waals surface area contributed by atoms with E-state index in [2.05, 4.69) is 10.4 Å². The number of benzene rings is 1. The molecule has 0 radical (unpaired) electrons. The molecule has 0 fully saturated rings. The first-order chi connectivity index (χ1) is 15.8. The van der Waals surface area contributed by atoms with Gasteiger partial charge in [-0.15, -0.1) is 0 Å². The maximum absolute atomic E-state index is 13.1. The highest BCUT2D eigenvalue weighted by atomic mass is 19.3. The van der Waals surface area contributed by atoms with Crippen molar-refractivity contribution in [2.75, 3.05) is 0 Å². The predicted molar refractivity (Wildman–Crippen MR) is 112 cm³/mol. The predicted octanol–water partition coefficient (Wildman–Crippen LogP) is 5.68. The molecule has 6 nitrogen and oxygen atoms in total. The first kappa shape index (κ1) is 22.4. The first-order valence-electron chi connectivity index (χ1n) is 10.1. The number of nitrogens with one attached hydrogen (secondary N) is 1. The normalized spacial score (nSPS) is 12.5. The number of hydrogen-bond acceptors (Lipinski definition) is 3. The second-order valence-corrected chi connectivity index (χ2v) is 7.40. The molecular weight excluding hydrogens is 440 g/mol. The molecule has 0 aliphatic carbocycles. The average Bonchev–Trinajstić information content (AvgIpc) is 3.55. The Hall–Kier alpha value is -3.82. The van der Waals surface area contributed by atoms with Gasteiger partial charge in [0.1, 0.15) is 17.1 Å². The molecule has 0 aliphatic rings. The molecule has 33 heavy (non-hydrogen) atoms. The van der Waals surface area contributed by atoms with E-state index in [0.29, 0.717) is 6.07 Å². The number of rotatable bonds is 8. The van der Waals surface area contributed by atoms with E-state index in [1.54, 1.807) is 0 Å². The third-order valence-electron chi connectivity index (χ3n) is 5.11. The zero-order valence-electron chi connectivity index (χ0n) is 17.5. The molecule has 3 heterocycles. The summed E-state index contributed by atoms with van der Waals surface area (Å²) in [5, 5.41) is 6.33. The van der Waals surface area contributed by atoms with Gasteiger partial charge >= 0.3 is 0 Å². The summed E-state index contributed by atoms with van der Waals surface area (Å²) in [5.74, 6) is -0.388. The second-order valence-electron chi connectivity index (χ2n) is 7.40. The Morgan fingerprint density at radius 3 is 2.36 bits per heavy atom. The summed E-state index contributed by atoms with van der Waals surface area (Å²) in [6.45, 7) is 1.51. The Bertz CT molecular complexity index is 1210. The van der Waals surface area contributed by atoms with Gasteiger partial charge in [0.25, 0.3) is 18.8 Å². The molecule has 0 spiro atoms. The summed E-state index contributed by atoms with van der Waals surface area (Å²) < 4.78 is 60.1. The van der Waals surface area contributed by atoms with Crippen LogP contribution in [0.1, 0.15) is 59.1 Å². The fourth-order valence-electron chi connectivity index (χ4n) is 3.39. The van der Waals surface area contributed by atoms with Gasteiger partial charge in [0, 0.05) is 18.1 Å². The number of hydrogen-bond donors (Lipinski definition) is 1. The molecule has 4 aromatic rings. The number of furan rings is 1. The molecule has 1 aromatic carbocycles. The van der Waals surface area contributed by atoms with E-state index in [1.807, 2.05) is 60.3 Å². The summed E-state index contributed by atoms with van der Waals surface area (Å²) in [4.78, 5) is 12.6. The van der Waals surface area contributed by atoms with Crippen molar-refractivity contribution >= 4 is 5.91 Å². The van der Waals surface area contributed by atoms with Gasteiger partial charge in [0.15, 0.2) is 5.76 Å². The Balaban J connectivity index is 1.42. The first-order valence-corrected chi connectivity index (χ1v) is 10.1. The monoisotopic (exact) mass is 460 g/mol. The van der Waals surface area contributed by atoms with Crippen molar-refractivity contribution in [3.05, 3.63) is 95.5 Å². The van der Waals surface area contributed by atoms with Gasteiger partial charge in [0.05, 0.1) is 12.6 Å². The maximum atomic E-state index is 13.1. The van der Waals surface area contributed by atoms with Crippen LogP contribution in [-0.4, -0.2) is 20.3 Å². The Morgan fingerprint density at radius 2 is 1.73 bits per heavy atom. The lowest BCUT2D eigenvalue weighted by molar-refractivity contribution is 0.0909. The molecule has 1 atom stereocenters. The van der Waals surface area contributed by atoms with Crippen LogP contribution in [0, 0.1) is 0 Å². The lowest BCUT2D eigenvalue weighted by Gasteiger charge is -2.14. The van der Waals surface area contributed by atoms with Gasteiger partial charge in [-0.2, -0.15) is 5.10 Å². The minimum absolute atomic E-state index is 0.0272. The van der Waals surface area contributed by atoms with E-state index in [-0.39, 0.29) is 24.1 Å². The third kappa shape index (κ3) is 5.00. The molecule has 1 unspecified atom stereocenters. The van der Waals surface area contributed by atoms with Gasteiger partial charge in [-0.05, 0) is 55.0 Å². The van der Waals surface area contributed by atoms with E-state index >= 15 is 0 Å². The number of nitrogens with zero attached hydrogens (tertiary/aromatic N) is 3. The molecule has 1 amide bonds. The molecule has 4 rings (SSSR count). The highest BCUT2D eigenvalue weighted by Crippen LogP contribution is 2.26. The summed E-state index contributed by atoms with van der Waals surface area (Å²) in [5.41, 5.74) is 0.467. The van der Waals surface area contributed by atoms with Gasteiger partial charge in [-0.25, -0.2) is 17.6 Å². The molecule has 1 N–H and O–H groups in total. The molecule has 0 saturated heterocycles. The summed E-state index contributed by atoms with van der Waals surface area (Å²) >= 11 is 0. The van der Waals surface area contributed by atoms with Crippen molar-refractivity contribution in [3.63, 3.8) is 0 Å². The smallest absolute Gasteiger partial charge is 0.287 e. The van der Waals surface area contributed by atoms with Gasteiger partial charge in [0.2, 0.25) is 0 Å². The average molecular weight is 460 g/mol. The van der Waals surface area contributed by atoms with Gasteiger partial charge in [-0.3, -0.25) is 9.48 Å². The van der Waals surface area contributed by atoms with Crippen LogP contribution in [0.4, 0.5) is 17.6 Å². The Labute approximate surface area is 186 Å². The summed E-state index contributed by atoms with van der Waals surface area (Å²) in [6.07, 6.45) is -2.10. The molecule has 3 aromatic heterocycles. The van der Waals surface area contributed by atoms with Crippen molar-refractivity contribution < 1.29 is 26.8 Å². The third-order valence-corrected chi connectivity index (χ3v) is 5.11. The van der Waals surface area contributed by atoms with E-state index in [0.717, 1.165) is 15.9 Å². The topological polar surface area (TPSA) is 65.0 Å². The minimum atomic E-state index is -2.98. The van der Waals surface area contributed by atoms with Crippen LogP contribution >= 0.6 is 0 Å². The van der Waals surface area contributed by atoms with Crippen LogP contribution in [0.25, 0.3) is 5.69 Å².